The van der Waals surface area contributed by atoms with E-state index in [0.717, 1.165) is 0 Å². The molecule has 0 saturated heterocycles. The summed E-state index contributed by atoms with van der Waals surface area (Å²) in [5.41, 5.74) is 0. The van der Waals surface area contributed by atoms with E-state index in [1.54, 1.807) is 10.9 Å². The van der Waals surface area contributed by atoms with Crippen LogP contribution in [0.25, 0.3) is 0 Å². The Labute approximate surface area is 90.5 Å². The molecule has 0 spiro atoms. The minimum Gasteiger partial charge on any atom is -0.271 e. The van der Waals surface area contributed by atoms with E-state index in [9.17, 15) is 8.42 Å². The van der Waals surface area contributed by atoms with Crippen molar-refractivity contribution in [3.8, 4) is 0 Å². The van der Waals surface area contributed by atoms with Crippen molar-refractivity contribution in [2.45, 2.75) is 32.9 Å². The number of nitrogens with zero attached hydrogens (tertiary/aromatic N) is 2. The quantitative estimate of drug-likeness (QED) is 0.780. The van der Waals surface area contributed by atoms with E-state index in [1.165, 1.54) is 0 Å². The van der Waals surface area contributed by atoms with Crippen molar-refractivity contribution < 1.29 is 8.42 Å². The Hall–Kier alpha value is -0.880. The van der Waals surface area contributed by atoms with E-state index in [1.807, 2.05) is 26.1 Å². The van der Waals surface area contributed by atoms with Crippen molar-refractivity contribution in [1.29, 1.82) is 0 Å². The third-order valence-electron chi connectivity index (χ3n) is 1.87. The first-order valence-electron chi connectivity index (χ1n) is 5.01. The first kappa shape index (κ1) is 12.2. The van der Waals surface area contributed by atoms with Crippen LogP contribution in [0, 0.1) is 0 Å². The second-order valence-electron chi connectivity index (χ2n) is 3.57. The van der Waals surface area contributed by atoms with Crippen molar-refractivity contribution in [2.75, 3.05) is 5.75 Å². The predicted octanol–water partition coefficient (Wildman–Crippen LogP) is 0.601. The van der Waals surface area contributed by atoms with Crippen molar-refractivity contribution in [3.63, 3.8) is 0 Å². The van der Waals surface area contributed by atoms with Gasteiger partial charge in [0, 0.05) is 18.4 Å². The zero-order chi connectivity index (χ0) is 11.3. The van der Waals surface area contributed by atoms with Gasteiger partial charge in [0.15, 0.2) is 0 Å². The van der Waals surface area contributed by atoms with Crippen LogP contribution in [-0.4, -0.2) is 30.0 Å². The number of hydrogen-bond donors (Lipinski definition) is 1. The van der Waals surface area contributed by atoms with E-state index < -0.39 is 10.0 Å². The van der Waals surface area contributed by atoms with E-state index in [2.05, 4.69) is 9.82 Å². The highest BCUT2D eigenvalue weighted by molar-refractivity contribution is 7.89. The van der Waals surface area contributed by atoms with Crippen LogP contribution in [0.2, 0.25) is 0 Å². The van der Waals surface area contributed by atoms with Gasteiger partial charge in [-0.1, -0.05) is 6.92 Å². The smallest absolute Gasteiger partial charge is 0.211 e. The molecular weight excluding hydrogens is 214 g/mol. The summed E-state index contributed by atoms with van der Waals surface area (Å²) in [6.07, 6.45) is 4.11. The number of rotatable bonds is 6. The topological polar surface area (TPSA) is 64.0 Å². The largest absolute Gasteiger partial charge is 0.271 e. The number of nitrogens with one attached hydrogen (secondary N) is 1. The summed E-state index contributed by atoms with van der Waals surface area (Å²) in [7, 11) is -3.13. The SMILES string of the molecule is CCCS(=O)(=O)NC(C)Cn1cccn1. The van der Waals surface area contributed by atoms with Crippen LogP contribution < -0.4 is 4.72 Å². The van der Waals surface area contributed by atoms with Gasteiger partial charge in [-0.25, -0.2) is 13.1 Å². The van der Waals surface area contributed by atoms with Crippen molar-refractivity contribution >= 4 is 10.0 Å². The predicted molar refractivity (Wildman–Crippen MR) is 58.9 cm³/mol. The van der Waals surface area contributed by atoms with Gasteiger partial charge < -0.3 is 0 Å². The molecule has 0 radical (unpaired) electrons. The molecule has 0 saturated carbocycles. The Morgan fingerprint density at radius 2 is 2.27 bits per heavy atom. The van der Waals surface area contributed by atoms with Gasteiger partial charge in [0.05, 0.1) is 12.3 Å². The van der Waals surface area contributed by atoms with Gasteiger partial charge in [0.25, 0.3) is 0 Å². The zero-order valence-electron chi connectivity index (χ0n) is 9.05. The Morgan fingerprint density at radius 3 is 2.80 bits per heavy atom. The normalized spacial score (nSPS) is 14.0. The third-order valence-corrected chi connectivity index (χ3v) is 3.58. The average Bonchev–Trinajstić information content (AvgIpc) is 2.54. The lowest BCUT2D eigenvalue weighted by Crippen LogP contribution is -2.37. The molecule has 0 aliphatic carbocycles. The van der Waals surface area contributed by atoms with E-state index in [0.29, 0.717) is 13.0 Å². The van der Waals surface area contributed by atoms with Crippen LogP contribution in [0.1, 0.15) is 20.3 Å². The molecule has 1 unspecified atom stereocenters. The summed E-state index contributed by atoms with van der Waals surface area (Å²) >= 11 is 0. The monoisotopic (exact) mass is 231 g/mol. The maximum atomic E-state index is 11.4. The van der Waals surface area contributed by atoms with Gasteiger partial charge in [-0.3, -0.25) is 4.68 Å². The minimum absolute atomic E-state index is 0.138. The molecule has 0 aromatic carbocycles. The third kappa shape index (κ3) is 4.44. The van der Waals surface area contributed by atoms with E-state index in [-0.39, 0.29) is 11.8 Å². The van der Waals surface area contributed by atoms with Crippen LogP contribution >= 0.6 is 0 Å². The van der Waals surface area contributed by atoms with Crippen LogP contribution in [0.5, 0.6) is 0 Å². The lowest BCUT2D eigenvalue weighted by Gasteiger charge is -2.13. The Balaban J connectivity index is 2.46. The fourth-order valence-corrected chi connectivity index (χ4v) is 2.70. The summed E-state index contributed by atoms with van der Waals surface area (Å²) in [6.45, 7) is 4.22. The fourth-order valence-electron chi connectivity index (χ4n) is 1.36. The van der Waals surface area contributed by atoms with Crippen LogP contribution in [0.4, 0.5) is 0 Å². The van der Waals surface area contributed by atoms with Gasteiger partial charge in [-0.05, 0) is 19.4 Å². The van der Waals surface area contributed by atoms with Gasteiger partial charge in [0.1, 0.15) is 0 Å². The molecule has 6 heteroatoms. The lowest BCUT2D eigenvalue weighted by atomic mass is 10.4. The standard InChI is InChI=1S/C9H17N3O2S/c1-3-7-15(13,14)11-9(2)8-12-6-4-5-10-12/h4-6,9,11H,3,7-8H2,1-2H3. The van der Waals surface area contributed by atoms with Crippen LogP contribution in [0.15, 0.2) is 18.5 Å². The number of aromatic nitrogens is 2. The zero-order valence-corrected chi connectivity index (χ0v) is 9.87. The molecule has 1 N–H and O–H groups in total. The van der Waals surface area contributed by atoms with Crippen molar-refractivity contribution in [3.05, 3.63) is 18.5 Å². The molecule has 1 heterocycles. The Morgan fingerprint density at radius 1 is 1.53 bits per heavy atom. The molecule has 86 valence electrons. The molecule has 0 aliphatic heterocycles. The summed E-state index contributed by atoms with van der Waals surface area (Å²) in [6, 6.07) is 1.68. The number of hydrogen-bond acceptors (Lipinski definition) is 3. The van der Waals surface area contributed by atoms with Crippen molar-refractivity contribution in [2.24, 2.45) is 0 Å². The summed E-state index contributed by atoms with van der Waals surface area (Å²) in [4.78, 5) is 0. The summed E-state index contributed by atoms with van der Waals surface area (Å²) in [5.74, 6) is 0.177. The van der Waals surface area contributed by atoms with Gasteiger partial charge >= 0.3 is 0 Å². The maximum absolute atomic E-state index is 11.4. The second-order valence-corrected chi connectivity index (χ2v) is 5.44. The van der Waals surface area contributed by atoms with Gasteiger partial charge in [0.2, 0.25) is 10.0 Å². The molecular formula is C9H17N3O2S. The molecule has 1 rings (SSSR count). The molecule has 0 amide bonds. The first-order valence-corrected chi connectivity index (χ1v) is 6.66. The van der Waals surface area contributed by atoms with Gasteiger partial charge in [-0.2, -0.15) is 5.10 Å². The molecule has 15 heavy (non-hydrogen) atoms. The highest BCUT2D eigenvalue weighted by Gasteiger charge is 2.13. The van der Waals surface area contributed by atoms with Gasteiger partial charge in [-0.15, -0.1) is 0 Å². The van der Waals surface area contributed by atoms with Crippen LogP contribution in [0.3, 0.4) is 0 Å². The molecule has 1 aromatic rings. The van der Waals surface area contributed by atoms with Crippen molar-refractivity contribution in [1.82, 2.24) is 14.5 Å². The van der Waals surface area contributed by atoms with E-state index in [4.69, 9.17) is 0 Å². The highest BCUT2D eigenvalue weighted by atomic mass is 32.2. The lowest BCUT2D eigenvalue weighted by molar-refractivity contribution is 0.493. The highest BCUT2D eigenvalue weighted by Crippen LogP contribution is 1.95. The molecule has 0 aliphatic rings. The summed E-state index contributed by atoms with van der Waals surface area (Å²) in [5, 5.41) is 4.01. The molecule has 5 nitrogen and oxygen atoms in total. The average molecular weight is 231 g/mol. The Kier molecular flexibility index (Phi) is 4.28. The summed E-state index contributed by atoms with van der Waals surface area (Å²) < 4.78 is 27.2. The molecule has 1 aromatic heterocycles. The molecule has 0 bridgehead atoms. The second kappa shape index (κ2) is 5.27. The minimum atomic E-state index is -3.13. The Bertz CT molecular complexity index is 372. The van der Waals surface area contributed by atoms with E-state index >= 15 is 0 Å². The van der Waals surface area contributed by atoms with Crippen LogP contribution in [-0.2, 0) is 16.6 Å². The number of sulfonamides is 1. The first-order chi connectivity index (χ1) is 7.03. The fraction of sp³-hybridized carbons (Fsp3) is 0.667. The molecule has 0 fully saturated rings. The maximum Gasteiger partial charge on any atom is 0.211 e. The molecule has 1 atom stereocenters.